The highest BCUT2D eigenvalue weighted by Gasteiger charge is 2.36. The van der Waals surface area contributed by atoms with E-state index in [1.54, 1.807) is 0 Å². The summed E-state index contributed by atoms with van der Waals surface area (Å²) in [7, 11) is 0. The van der Waals surface area contributed by atoms with Crippen molar-refractivity contribution in [2.45, 2.75) is 32.4 Å². The summed E-state index contributed by atoms with van der Waals surface area (Å²) in [4.78, 5) is 13.7. The van der Waals surface area contributed by atoms with Crippen molar-refractivity contribution in [3.05, 3.63) is 5.82 Å². The zero-order valence-electron chi connectivity index (χ0n) is 10.2. The van der Waals surface area contributed by atoms with E-state index in [4.69, 9.17) is 5.11 Å². The van der Waals surface area contributed by atoms with Crippen LogP contribution in [0, 0.1) is 5.92 Å². The van der Waals surface area contributed by atoms with Gasteiger partial charge in [0, 0.05) is 24.5 Å². The van der Waals surface area contributed by atoms with E-state index in [1.807, 2.05) is 6.92 Å². The van der Waals surface area contributed by atoms with Crippen LogP contribution in [0.25, 0.3) is 0 Å². The molecule has 0 aliphatic heterocycles. The molecule has 0 saturated carbocycles. The molecule has 108 valence electrons. The van der Waals surface area contributed by atoms with E-state index in [-0.39, 0.29) is 17.5 Å². The lowest BCUT2D eigenvalue weighted by molar-refractivity contribution is -0.144. The number of nitrogens with one attached hydrogen (secondary N) is 1. The van der Waals surface area contributed by atoms with Crippen LogP contribution in [-0.2, 0) is 11.0 Å². The highest BCUT2D eigenvalue weighted by atomic mass is 32.1. The van der Waals surface area contributed by atoms with Crippen molar-refractivity contribution in [1.82, 2.24) is 9.36 Å². The maximum atomic E-state index is 12.2. The van der Waals surface area contributed by atoms with E-state index in [2.05, 4.69) is 14.7 Å². The minimum atomic E-state index is -4.52. The molecule has 1 aromatic rings. The van der Waals surface area contributed by atoms with Crippen LogP contribution in [0.15, 0.2) is 0 Å². The molecule has 0 bridgehead atoms. The van der Waals surface area contributed by atoms with E-state index >= 15 is 0 Å². The number of rotatable bonds is 7. The normalized spacial score (nSPS) is 13.3. The Hall–Kier alpha value is -1.38. The van der Waals surface area contributed by atoms with E-state index in [0.29, 0.717) is 30.9 Å². The third-order valence-electron chi connectivity index (χ3n) is 2.44. The zero-order chi connectivity index (χ0) is 14.5. The molecule has 0 aromatic carbocycles. The van der Waals surface area contributed by atoms with Gasteiger partial charge in [0.1, 0.15) is 0 Å². The summed E-state index contributed by atoms with van der Waals surface area (Å²) in [5, 5.41) is 11.4. The third kappa shape index (κ3) is 5.86. The molecule has 1 atom stereocenters. The van der Waals surface area contributed by atoms with Gasteiger partial charge in [0.05, 0.1) is 0 Å². The molecule has 0 spiro atoms. The maximum Gasteiger partial charge on any atom is 0.452 e. The van der Waals surface area contributed by atoms with Gasteiger partial charge in [-0.15, -0.1) is 0 Å². The smallest absolute Gasteiger partial charge is 0.452 e. The molecular weight excluding hydrogens is 283 g/mol. The predicted molar refractivity (Wildman–Crippen MR) is 64.1 cm³/mol. The second-order valence-electron chi connectivity index (χ2n) is 4.17. The number of carbonyl (C=O) groups is 1. The molecule has 0 amide bonds. The van der Waals surface area contributed by atoms with Gasteiger partial charge >= 0.3 is 12.1 Å². The molecule has 0 radical (unpaired) electrons. The van der Waals surface area contributed by atoms with E-state index in [9.17, 15) is 18.0 Å². The van der Waals surface area contributed by atoms with Crippen LogP contribution in [0.5, 0.6) is 0 Å². The SMILES string of the molecule is CC(CCNc1nc(C(F)(F)F)ns1)CCC(=O)O. The van der Waals surface area contributed by atoms with Crippen molar-refractivity contribution in [2.24, 2.45) is 5.92 Å². The fraction of sp³-hybridized carbons (Fsp3) is 0.700. The second kappa shape index (κ2) is 6.69. The van der Waals surface area contributed by atoms with E-state index in [1.165, 1.54) is 0 Å². The molecule has 1 aromatic heterocycles. The number of aromatic nitrogens is 2. The molecular formula is C10H14F3N3O2S. The Morgan fingerprint density at radius 2 is 2.16 bits per heavy atom. The van der Waals surface area contributed by atoms with Crippen LogP contribution in [0.3, 0.4) is 0 Å². The first kappa shape index (κ1) is 15.7. The van der Waals surface area contributed by atoms with Crippen molar-refractivity contribution < 1.29 is 23.1 Å². The highest BCUT2D eigenvalue weighted by Crippen LogP contribution is 2.28. The van der Waals surface area contributed by atoms with Gasteiger partial charge in [0.25, 0.3) is 0 Å². The highest BCUT2D eigenvalue weighted by molar-refractivity contribution is 7.09. The van der Waals surface area contributed by atoms with Crippen LogP contribution in [0.1, 0.15) is 32.0 Å². The summed E-state index contributed by atoms with van der Waals surface area (Å²) < 4.78 is 39.9. The van der Waals surface area contributed by atoms with Crippen molar-refractivity contribution >= 4 is 22.6 Å². The van der Waals surface area contributed by atoms with Crippen LogP contribution in [0.4, 0.5) is 18.3 Å². The van der Waals surface area contributed by atoms with Gasteiger partial charge in [-0.05, 0) is 18.8 Å². The first-order chi connectivity index (χ1) is 8.79. The zero-order valence-corrected chi connectivity index (χ0v) is 11.0. The average Bonchev–Trinajstić information content (AvgIpc) is 2.74. The summed E-state index contributed by atoms with van der Waals surface area (Å²) in [5.74, 6) is -1.81. The molecule has 1 heterocycles. The summed E-state index contributed by atoms with van der Waals surface area (Å²) in [6.45, 7) is 2.33. The van der Waals surface area contributed by atoms with Crippen molar-refractivity contribution in [1.29, 1.82) is 0 Å². The second-order valence-corrected chi connectivity index (χ2v) is 4.93. The Balaban J connectivity index is 2.29. The minimum Gasteiger partial charge on any atom is -0.481 e. The number of aliphatic carboxylic acids is 1. The molecule has 0 fully saturated rings. The molecule has 2 N–H and O–H groups in total. The number of hydrogen-bond donors (Lipinski definition) is 2. The summed E-state index contributed by atoms with van der Waals surface area (Å²) in [6, 6.07) is 0. The van der Waals surface area contributed by atoms with Crippen molar-refractivity contribution in [2.75, 3.05) is 11.9 Å². The lowest BCUT2D eigenvalue weighted by atomic mass is 10.0. The number of halogens is 3. The Morgan fingerprint density at radius 3 is 2.68 bits per heavy atom. The molecule has 1 unspecified atom stereocenters. The number of anilines is 1. The number of hydrogen-bond acceptors (Lipinski definition) is 5. The molecule has 9 heteroatoms. The monoisotopic (exact) mass is 297 g/mol. The summed E-state index contributed by atoms with van der Waals surface area (Å²) in [5.41, 5.74) is 0. The number of carboxylic acids is 1. The van der Waals surface area contributed by atoms with Crippen LogP contribution in [0.2, 0.25) is 0 Å². The quantitative estimate of drug-likeness (QED) is 0.809. The summed E-state index contributed by atoms with van der Waals surface area (Å²) in [6.07, 6.45) is -3.22. The Kier molecular flexibility index (Phi) is 5.52. The van der Waals surface area contributed by atoms with Gasteiger partial charge in [-0.1, -0.05) is 6.92 Å². The molecule has 0 saturated heterocycles. The van der Waals surface area contributed by atoms with Crippen LogP contribution >= 0.6 is 11.5 Å². The topological polar surface area (TPSA) is 75.1 Å². The van der Waals surface area contributed by atoms with Gasteiger partial charge < -0.3 is 10.4 Å². The molecule has 1 rings (SSSR count). The Morgan fingerprint density at radius 1 is 1.47 bits per heavy atom. The van der Waals surface area contributed by atoms with Crippen LogP contribution < -0.4 is 5.32 Å². The first-order valence-corrected chi connectivity index (χ1v) is 6.43. The Bertz CT molecular complexity index is 422. The molecule has 0 aliphatic carbocycles. The van der Waals surface area contributed by atoms with Gasteiger partial charge in [-0.3, -0.25) is 4.79 Å². The Labute approximate surface area is 112 Å². The van der Waals surface area contributed by atoms with Gasteiger partial charge in [0.2, 0.25) is 11.0 Å². The van der Waals surface area contributed by atoms with Crippen LogP contribution in [-0.4, -0.2) is 27.0 Å². The average molecular weight is 297 g/mol. The fourth-order valence-electron chi connectivity index (χ4n) is 1.35. The van der Waals surface area contributed by atoms with Crippen molar-refractivity contribution in [3.63, 3.8) is 0 Å². The van der Waals surface area contributed by atoms with E-state index < -0.39 is 18.0 Å². The first-order valence-electron chi connectivity index (χ1n) is 5.65. The lowest BCUT2D eigenvalue weighted by Gasteiger charge is -2.09. The molecule has 5 nitrogen and oxygen atoms in total. The van der Waals surface area contributed by atoms with Gasteiger partial charge in [0.15, 0.2) is 0 Å². The third-order valence-corrected chi connectivity index (χ3v) is 3.12. The number of nitrogens with zero attached hydrogens (tertiary/aromatic N) is 2. The largest absolute Gasteiger partial charge is 0.481 e. The van der Waals surface area contributed by atoms with Gasteiger partial charge in [-0.2, -0.15) is 22.5 Å². The summed E-state index contributed by atoms with van der Waals surface area (Å²) >= 11 is 0.660. The van der Waals surface area contributed by atoms with Gasteiger partial charge in [-0.25, -0.2) is 0 Å². The fourth-order valence-corrected chi connectivity index (χ4v) is 1.96. The van der Waals surface area contributed by atoms with Crippen molar-refractivity contribution in [3.8, 4) is 0 Å². The van der Waals surface area contributed by atoms with E-state index in [0.717, 1.165) is 0 Å². The number of carboxylic acid groups (broad SMARTS) is 1. The molecule has 0 aliphatic rings. The lowest BCUT2D eigenvalue weighted by Crippen LogP contribution is -2.10. The minimum absolute atomic E-state index is 0.0954. The molecule has 19 heavy (non-hydrogen) atoms. The number of alkyl halides is 3. The predicted octanol–water partition coefficient (Wildman–Crippen LogP) is 2.86. The maximum absolute atomic E-state index is 12.2. The standard InChI is InChI=1S/C10H14F3N3O2S/c1-6(2-3-7(17)18)4-5-14-9-15-8(16-19-9)10(11,12)13/h6H,2-5H2,1H3,(H,17,18)(H,14,15,16).